The van der Waals surface area contributed by atoms with E-state index in [9.17, 15) is 14.7 Å². The molecule has 1 aliphatic heterocycles. The quantitative estimate of drug-likeness (QED) is 0.883. The van der Waals surface area contributed by atoms with Crippen molar-refractivity contribution < 1.29 is 14.7 Å². The first-order chi connectivity index (χ1) is 9.88. The van der Waals surface area contributed by atoms with Crippen LogP contribution in [-0.4, -0.2) is 35.0 Å². The second-order valence-corrected chi connectivity index (χ2v) is 6.01. The smallest absolute Gasteiger partial charge is 0.311 e. The van der Waals surface area contributed by atoms with Crippen molar-refractivity contribution in [3.8, 4) is 0 Å². The number of carbonyl (C=O) groups excluding carboxylic acids is 1. The number of carboxylic acid groups (broad SMARTS) is 1. The molecule has 3 N–H and O–H groups in total. The fourth-order valence-electron chi connectivity index (χ4n) is 2.91. The summed E-state index contributed by atoms with van der Waals surface area (Å²) in [4.78, 5) is 25.7. The van der Waals surface area contributed by atoms with Gasteiger partial charge >= 0.3 is 5.97 Å². The molecule has 1 amide bonds. The minimum Gasteiger partial charge on any atom is -0.481 e. The SMILES string of the molecule is CC(C)C1(C(=O)O)CCN(C(=O)[C@@H](N)c2ccccc2)C1. The fourth-order valence-corrected chi connectivity index (χ4v) is 2.91. The average molecular weight is 290 g/mol. The number of carboxylic acids is 1. The molecule has 1 aromatic rings. The highest BCUT2D eigenvalue weighted by molar-refractivity contribution is 5.85. The Morgan fingerprint density at radius 1 is 1.29 bits per heavy atom. The Morgan fingerprint density at radius 2 is 1.90 bits per heavy atom. The Labute approximate surface area is 124 Å². The van der Waals surface area contributed by atoms with Gasteiger partial charge in [-0.25, -0.2) is 0 Å². The van der Waals surface area contributed by atoms with Crippen LogP contribution in [0, 0.1) is 11.3 Å². The average Bonchev–Trinajstić information content (AvgIpc) is 2.93. The summed E-state index contributed by atoms with van der Waals surface area (Å²) < 4.78 is 0. The van der Waals surface area contributed by atoms with Crippen LogP contribution in [0.4, 0.5) is 0 Å². The molecule has 0 spiro atoms. The highest BCUT2D eigenvalue weighted by atomic mass is 16.4. The van der Waals surface area contributed by atoms with Crippen LogP contribution in [0.5, 0.6) is 0 Å². The first-order valence-electron chi connectivity index (χ1n) is 7.21. The third-order valence-corrected chi connectivity index (χ3v) is 4.57. The molecule has 1 aromatic carbocycles. The molecule has 0 radical (unpaired) electrons. The van der Waals surface area contributed by atoms with E-state index in [1.807, 2.05) is 44.2 Å². The molecule has 0 bridgehead atoms. The third-order valence-electron chi connectivity index (χ3n) is 4.57. The Hall–Kier alpha value is -1.88. The molecule has 1 heterocycles. The molecule has 114 valence electrons. The zero-order chi connectivity index (χ0) is 15.6. The Morgan fingerprint density at radius 3 is 2.38 bits per heavy atom. The number of hydrogen-bond donors (Lipinski definition) is 2. The number of rotatable bonds is 4. The molecule has 0 aromatic heterocycles. The molecular weight excluding hydrogens is 268 g/mol. The highest BCUT2D eigenvalue weighted by Crippen LogP contribution is 2.38. The minimum atomic E-state index is -0.855. The van der Waals surface area contributed by atoms with E-state index in [1.54, 1.807) is 4.90 Å². The second-order valence-electron chi connectivity index (χ2n) is 6.01. The molecule has 2 atom stereocenters. The Kier molecular flexibility index (Phi) is 4.32. The summed E-state index contributed by atoms with van der Waals surface area (Å²) in [6.07, 6.45) is 0.479. The third kappa shape index (κ3) is 2.78. The van der Waals surface area contributed by atoms with E-state index < -0.39 is 17.4 Å². The summed E-state index contributed by atoms with van der Waals surface area (Å²) in [6, 6.07) is 8.43. The molecule has 5 heteroatoms. The number of nitrogens with zero attached hydrogens (tertiary/aromatic N) is 1. The van der Waals surface area contributed by atoms with Gasteiger partial charge in [0, 0.05) is 13.1 Å². The van der Waals surface area contributed by atoms with E-state index >= 15 is 0 Å². The molecule has 1 saturated heterocycles. The Bertz CT molecular complexity index is 530. The van der Waals surface area contributed by atoms with Crippen molar-refractivity contribution in [2.45, 2.75) is 26.3 Å². The summed E-state index contributed by atoms with van der Waals surface area (Å²) >= 11 is 0. The molecular formula is C16H22N2O3. The van der Waals surface area contributed by atoms with E-state index in [2.05, 4.69) is 0 Å². The van der Waals surface area contributed by atoms with Crippen LogP contribution in [0.1, 0.15) is 31.9 Å². The standard InChI is InChI=1S/C16H22N2O3/c1-11(2)16(15(20)21)8-9-18(10-16)14(19)13(17)12-6-4-3-5-7-12/h3-7,11,13H,8-10,17H2,1-2H3,(H,20,21)/t13-,16?/m0/s1. The van der Waals surface area contributed by atoms with Crippen molar-refractivity contribution in [3.05, 3.63) is 35.9 Å². The van der Waals surface area contributed by atoms with Crippen molar-refractivity contribution in [1.82, 2.24) is 4.90 Å². The first kappa shape index (κ1) is 15.5. The predicted octanol–water partition coefficient (Wildman–Crippen LogP) is 1.65. The van der Waals surface area contributed by atoms with Gasteiger partial charge in [0.1, 0.15) is 6.04 Å². The van der Waals surface area contributed by atoms with E-state index in [0.29, 0.717) is 13.0 Å². The molecule has 5 nitrogen and oxygen atoms in total. The lowest BCUT2D eigenvalue weighted by atomic mass is 9.76. The summed E-state index contributed by atoms with van der Waals surface area (Å²) in [5, 5.41) is 9.52. The number of benzene rings is 1. The van der Waals surface area contributed by atoms with Crippen LogP contribution in [-0.2, 0) is 9.59 Å². The largest absolute Gasteiger partial charge is 0.481 e. The van der Waals surface area contributed by atoms with Gasteiger partial charge in [-0.3, -0.25) is 9.59 Å². The second kappa shape index (κ2) is 5.85. The fraction of sp³-hybridized carbons (Fsp3) is 0.500. The van der Waals surface area contributed by atoms with Gasteiger partial charge in [-0.05, 0) is 17.9 Å². The number of nitrogens with two attached hydrogens (primary N) is 1. The normalized spacial score (nSPS) is 23.3. The Balaban J connectivity index is 2.14. The van der Waals surface area contributed by atoms with Crippen molar-refractivity contribution in [1.29, 1.82) is 0 Å². The molecule has 2 rings (SSSR count). The zero-order valence-corrected chi connectivity index (χ0v) is 12.5. The molecule has 0 aliphatic carbocycles. The van der Waals surface area contributed by atoms with Crippen LogP contribution in [0.25, 0.3) is 0 Å². The number of likely N-dealkylation sites (tertiary alicyclic amines) is 1. The van der Waals surface area contributed by atoms with Crippen LogP contribution < -0.4 is 5.73 Å². The molecule has 0 saturated carbocycles. The number of hydrogen-bond acceptors (Lipinski definition) is 3. The maximum absolute atomic E-state index is 12.5. The van der Waals surface area contributed by atoms with Gasteiger partial charge in [0.15, 0.2) is 0 Å². The van der Waals surface area contributed by atoms with E-state index in [4.69, 9.17) is 5.73 Å². The lowest BCUT2D eigenvalue weighted by Crippen LogP contribution is -2.43. The van der Waals surface area contributed by atoms with Gasteiger partial charge in [-0.15, -0.1) is 0 Å². The summed E-state index contributed by atoms with van der Waals surface area (Å²) in [5.74, 6) is -1.06. The van der Waals surface area contributed by atoms with Gasteiger partial charge in [-0.2, -0.15) is 0 Å². The van der Waals surface area contributed by atoms with Crippen LogP contribution in [0.3, 0.4) is 0 Å². The van der Waals surface area contributed by atoms with Crippen molar-refractivity contribution in [3.63, 3.8) is 0 Å². The van der Waals surface area contributed by atoms with Crippen molar-refractivity contribution in [2.75, 3.05) is 13.1 Å². The van der Waals surface area contributed by atoms with E-state index in [-0.39, 0.29) is 18.4 Å². The lowest BCUT2D eigenvalue weighted by Gasteiger charge is -2.29. The predicted molar refractivity (Wildman–Crippen MR) is 79.5 cm³/mol. The summed E-state index contributed by atoms with van der Waals surface area (Å²) in [6.45, 7) is 4.46. The zero-order valence-electron chi connectivity index (χ0n) is 12.5. The topological polar surface area (TPSA) is 83.6 Å². The van der Waals surface area contributed by atoms with Gasteiger partial charge in [0.2, 0.25) is 5.91 Å². The van der Waals surface area contributed by atoms with Crippen LogP contribution in [0.15, 0.2) is 30.3 Å². The molecule has 1 fully saturated rings. The summed E-state index contributed by atoms with van der Waals surface area (Å²) in [7, 11) is 0. The highest BCUT2D eigenvalue weighted by Gasteiger charge is 2.48. The van der Waals surface area contributed by atoms with Crippen LogP contribution >= 0.6 is 0 Å². The number of amides is 1. The summed E-state index contributed by atoms with van der Waals surface area (Å²) in [5.41, 5.74) is 5.92. The molecule has 1 aliphatic rings. The van der Waals surface area contributed by atoms with Gasteiger partial charge in [-0.1, -0.05) is 44.2 Å². The van der Waals surface area contributed by atoms with Gasteiger partial charge < -0.3 is 15.7 Å². The van der Waals surface area contributed by atoms with Crippen LogP contribution in [0.2, 0.25) is 0 Å². The van der Waals surface area contributed by atoms with Gasteiger partial charge in [0.25, 0.3) is 0 Å². The molecule has 21 heavy (non-hydrogen) atoms. The van der Waals surface area contributed by atoms with E-state index in [1.165, 1.54) is 0 Å². The van der Waals surface area contributed by atoms with Crippen molar-refractivity contribution >= 4 is 11.9 Å². The number of carbonyl (C=O) groups is 2. The van der Waals surface area contributed by atoms with Gasteiger partial charge in [0.05, 0.1) is 5.41 Å². The monoisotopic (exact) mass is 290 g/mol. The first-order valence-corrected chi connectivity index (χ1v) is 7.21. The maximum Gasteiger partial charge on any atom is 0.311 e. The minimum absolute atomic E-state index is 0.0271. The van der Waals surface area contributed by atoms with E-state index in [0.717, 1.165) is 5.56 Å². The number of aliphatic carboxylic acids is 1. The van der Waals surface area contributed by atoms with Crippen molar-refractivity contribution in [2.24, 2.45) is 17.1 Å². The molecule has 1 unspecified atom stereocenters. The maximum atomic E-state index is 12.5. The lowest BCUT2D eigenvalue weighted by molar-refractivity contribution is -0.151.